The van der Waals surface area contributed by atoms with Gasteiger partial charge in [-0.15, -0.1) is 0 Å². The van der Waals surface area contributed by atoms with Crippen LogP contribution in [0.15, 0.2) is 64.0 Å². The molecule has 0 aliphatic heterocycles. The van der Waals surface area contributed by atoms with Crippen molar-refractivity contribution in [1.82, 2.24) is 14.7 Å². The summed E-state index contributed by atoms with van der Waals surface area (Å²) >= 11 is 0. The van der Waals surface area contributed by atoms with Gasteiger partial charge in [0.15, 0.2) is 0 Å². The Kier molecular flexibility index (Phi) is 8.70. The van der Waals surface area contributed by atoms with Gasteiger partial charge in [-0.05, 0) is 93.4 Å². The minimum Gasteiger partial charge on any atom is -0.543 e. The minimum absolute atomic E-state index is 0.00946. The molecule has 240 valence electrons. The molecular weight excluding hydrogens is 597 g/mol. The zero-order valence-corrected chi connectivity index (χ0v) is 29.3. The number of aromatic nitrogens is 3. The molecule has 0 bridgehead atoms. The highest BCUT2D eigenvalue weighted by Gasteiger charge is 2.39. The molecule has 0 spiro atoms. The van der Waals surface area contributed by atoms with Crippen molar-refractivity contribution in [3.63, 3.8) is 0 Å². The summed E-state index contributed by atoms with van der Waals surface area (Å²) in [6.07, 6.45) is 1.68. The maximum Gasteiger partial charge on any atom is 0.264 e. The lowest BCUT2D eigenvalue weighted by molar-refractivity contribution is 0.102. The first kappa shape index (κ1) is 32.7. The number of fused-ring (bicyclic) bond motifs is 1. The van der Waals surface area contributed by atoms with Gasteiger partial charge in [0.2, 0.25) is 0 Å². The van der Waals surface area contributed by atoms with Crippen LogP contribution in [0.2, 0.25) is 18.1 Å². The average molecular weight is 639 g/mol. The minimum atomic E-state index is -2.08. The maximum atomic E-state index is 14.1. The quantitative estimate of drug-likeness (QED) is 0.172. The standard InChI is InChI=1S/C36H42N4O5Si/c1-21-15-27(16-22(2)33(21)45-46(9,10)36(5,6)7)38-34(41)29-18-25-17-28(32-23(3)39-44-24(32)4)31(43-8)19-30(25)40(35(29)42)20-26-13-11-12-14-37-26/h11-19H,20H2,1-10H3,(H,38,41). The van der Waals surface area contributed by atoms with Crippen LogP contribution in [0.5, 0.6) is 11.5 Å². The van der Waals surface area contributed by atoms with Crippen LogP contribution in [0.25, 0.3) is 22.0 Å². The van der Waals surface area contributed by atoms with E-state index < -0.39 is 19.8 Å². The van der Waals surface area contributed by atoms with Gasteiger partial charge in [0.05, 0.1) is 36.1 Å². The molecule has 3 heterocycles. The number of nitrogens with one attached hydrogen (secondary N) is 1. The Labute approximate surface area is 270 Å². The second-order valence-corrected chi connectivity index (χ2v) is 18.1. The number of anilines is 1. The lowest BCUT2D eigenvalue weighted by Gasteiger charge is -2.37. The van der Waals surface area contributed by atoms with Gasteiger partial charge < -0.3 is 23.6 Å². The van der Waals surface area contributed by atoms with E-state index in [9.17, 15) is 9.59 Å². The molecule has 5 rings (SSSR count). The van der Waals surface area contributed by atoms with Crippen LogP contribution in [-0.2, 0) is 6.54 Å². The van der Waals surface area contributed by atoms with E-state index in [1.165, 1.54) is 0 Å². The largest absolute Gasteiger partial charge is 0.543 e. The molecule has 9 nitrogen and oxygen atoms in total. The van der Waals surface area contributed by atoms with E-state index in [2.05, 4.69) is 49.3 Å². The van der Waals surface area contributed by atoms with E-state index in [-0.39, 0.29) is 17.1 Å². The number of carbonyl (C=O) groups excluding carboxylic acids is 1. The van der Waals surface area contributed by atoms with Crippen LogP contribution in [-0.4, -0.2) is 36.0 Å². The Bertz CT molecular complexity index is 1960. The normalized spacial score (nSPS) is 12.0. The zero-order valence-electron chi connectivity index (χ0n) is 28.3. The fraction of sp³-hybridized carbons (Fsp3) is 0.333. The van der Waals surface area contributed by atoms with Crippen LogP contribution in [0.4, 0.5) is 5.69 Å². The fourth-order valence-electron chi connectivity index (χ4n) is 5.40. The third kappa shape index (κ3) is 6.22. The van der Waals surface area contributed by atoms with Gasteiger partial charge in [-0.3, -0.25) is 14.6 Å². The SMILES string of the molecule is COc1cc2c(cc1-c1c(C)noc1C)cc(C(=O)Nc1cc(C)c(O[Si](C)(C)C(C)(C)C)c(C)c1)c(=O)n2Cc1ccccn1. The number of hydrogen-bond acceptors (Lipinski definition) is 7. The van der Waals surface area contributed by atoms with E-state index >= 15 is 0 Å². The number of methoxy groups -OCH3 is 1. The second-order valence-electron chi connectivity index (χ2n) is 13.3. The van der Waals surface area contributed by atoms with Crippen molar-refractivity contribution in [2.45, 2.75) is 73.1 Å². The van der Waals surface area contributed by atoms with Crippen molar-refractivity contribution in [3.05, 3.63) is 98.9 Å². The summed E-state index contributed by atoms with van der Waals surface area (Å²) in [5.41, 5.74) is 5.56. The average Bonchev–Trinajstić information content (AvgIpc) is 3.32. The summed E-state index contributed by atoms with van der Waals surface area (Å²) < 4.78 is 19.4. The molecule has 0 aliphatic carbocycles. The van der Waals surface area contributed by atoms with Gasteiger partial charge in [-0.1, -0.05) is 32.0 Å². The molecule has 0 aliphatic rings. The summed E-state index contributed by atoms with van der Waals surface area (Å²) in [6.45, 7) is 18.9. The van der Waals surface area contributed by atoms with E-state index in [4.69, 9.17) is 13.7 Å². The highest BCUT2D eigenvalue weighted by Crippen LogP contribution is 2.40. The molecule has 0 radical (unpaired) electrons. The Morgan fingerprint density at radius 3 is 2.28 bits per heavy atom. The lowest BCUT2D eigenvalue weighted by Crippen LogP contribution is -2.44. The number of carbonyl (C=O) groups is 1. The summed E-state index contributed by atoms with van der Waals surface area (Å²) in [5, 5.41) is 7.82. The van der Waals surface area contributed by atoms with Gasteiger partial charge in [-0.2, -0.15) is 0 Å². The van der Waals surface area contributed by atoms with Crippen molar-refractivity contribution < 1.29 is 18.5 Å². The third-order valence-electron chi connectivity index (χ3n) is 8.89. The summed E-state index contributed by atoms with van der Waals surface area (Å²) in [5.74, 6) is 1.53. The van der Waals surface area contributed by atoms with Crippen molar-refractivity contribution >= 4 is 30.8 Å². The summed E-state index contributed by atoms with van der Waals surface area (Å²) in [7, 11) is -0.495. The highest BCUT2D eigenvalue weighted by atomic mass is 28.4. The number of nitrogens with zero attached hydrogens (tertiary/aromatic N) is 3. The summed E-state index contributed by atoms with van der Waals surface area (Å²) in [4.78, 5) is 32.4. The Hall–Kier alpha value is -4.70. The Morgan fingerprint density at radius 2 is 1.72 bits per heavy atom. The van der Waals surface area contributed by atoms with Crippen LogP contribution >= 0.6 is 0 Å². The van der Waals surface area contributed by atoms with E-state index in [1.54, 1.807) is 23.9 Å². The molecular formula is C36H42N4O5Si. The first-order chi connectivity index (χ1) is 21.6. The molecule has 1 amide bonds. The number of pyridine rings is 2. The molecule has 0 unspecified atom stereocenters. The van der Waals surface area contributed by atoms with Crippen LogP contribution < -0.4 is 20.0 Å². The van der Waals surface area contributed by atoms with E-state index in [1.807, 2.05) is 70.2 Å². The van der Waals surface area contributed by atoms with Crippen molar-refractivity contribution in [2.24, 2.45) is 0 Å². The molecule has 1 N–H and O–H groups in total. The number of rotatable bonds is 8. The van der Waals surface area contributed by atoms with Crippen molar-refractivity contribution in [3.8, 4) is 22.6 Å². The number of aryl methyl sites for hydroxylation is 4. The van der Waals surface area contributed by atoms with Crippen LogP contribution in [0.3, 0.4) is 0 Å². The van der Waals surface area contributed by atoms with Gasteiger partial charge in [0.1, 0.15) is 22.8 Å². The molecule has 10 heteroatoms. The zero-order chi connectivity index (χ0) is 33.6. The van der Waals surface area contributed by atoms with Gasteiger partial charge in [-0.25, -0.2) is 0 Å². The predicted octanol–water partition coefficient (Wildman–Crippen LogP) is 7.98. The van der Waals surface area contributed by atoms with Crippen LogP contribution in [0, 0.1) is 27.7 Å². The molecule has 46 heavy (non-hydrogen) atoms. The monoisotopic (exact) mass is 638 g/mol. The number of hydrogen-bond donors (Lipinski definition) is 1. The lowest BCUT2D eigenvalue weighted by atomic mass is 9.99. The highest BCUT2D eigenvalue weighted by molar-refractivity contribution is 6.74. The topological polar surface area (TPSA) is 108 Å². The van der Waals surface area contributed by atoms with E-state index in [0.717, 1.165) is 28.0 Å². The van der Waals surface area contributed by atoms with Gasteiger partial charge in [0, 0.05) is 28.9 Å². The Morgan fingerprint density at radius 1 is 1.02 bits per heavy atom. The smallest absolute Gasteiger partial charge is 0.264 e. The molecule has 0 atom stereocenters. The van der Waals surface area contributed by atoms with E-state index in [0.29, 0.717) is 39.5 Å². The van der Waals surface area contributed by atoms with Crippen LogP contribution in [0.1, 0.15) is 59.4 Å². The third-order valence-corrected chi connectivity index (χ3v) is 13.2. The molecule has 0 fully saturated rings. The second kappa shape index (κ2) is 12.2. The fourth-order valence-corrected chi connectivity index (χ4v) is 6.54. The predicted molar refractivity (Wildman–Crippen MR) is 185 cm³/mol. The molecule has 5 aromatic rings. The molecule has 0 saturated carbocycles. The maximum absolute atomic E-state index is 14.1. The summed E-state index contributed by atoms with van der Waals surface area (Å²) in [6, 6.07) is 14.7. The molecule has 0 saturated heterocycles. The first-order valence-corrected chi connectivity index (χ1v) is 18.2. The Balaban J connectivity index is 1.61. The van der Waals surface area contributed by atoms with Crippen molar-refractivity contribution in [1.29, 1.82) is 0 Å². The first-order valence-electron chi connectivity index (χ1n) is 15.3. The molecule has 2 aromatic carbocycles. The molecule has 3 aromatic heterocycles. The van der Waals surface area contributed by atoms with Gasteiger partial charge in [0.25, 0.3) is 19.8 Å². The number of amides is 1. The van der Waals surface area contributed by atoms with Gasteiger partial charge >= 0.3 is 0 Å². The van der Waals surface area contributed by atoms with Crippen molar-refractivity contribution in [2.75, 3.05) is 12.4 Å². The number of ether oxygens (including phenoxy) is 1. The number of benzene rings is 2.